The van der Waals surface area contributed by atoms with Gasteiger partial charge < -0.3 is 10.4 Å². The lowest BCUT2D eigenvalue weighted by Crippen LogP contribution is -2.55. The Morgan fingerprint density at radius 1 is 1.16 bits per heavy atom. The normalized spacial score (nSPS) is 22.6. The summed E-state index contributed by atoms with van der Waals surface area (Å²) in [6.07, 6.45) is 4.28. The Balaban J connectivity index is 1.42. The zero-order chi connectivity index (χ0) is 17.6. The molecule has 1 aliphatic heterocycles. The van der Waals surface area contributed by atoms with Crippen LogP contribution in [0.15, 0.2) is 30.3 Å². The van der Waals surface area contributed by atoms with E-state index >= 15 is 0 Å². The second-order valence-electron chi connectivity index (χ2n) is 7.43. The van der Waals surface area contributed by atoms with Crippen molar-refractivity contribution in [2.75, 3.05) is 32.7 Å². The Kier molecular flexibility index (Phi) is 6.45. The number of benzene rings is 1. The van der Waals surface area contributed by atoms with E-state index in [0.29, 0.717) is 12.6 Å². The average molecular weight is 345 g/mol. The van der Waals surface area contributed by atoms with E-state index in [0.717, 1.165) is 44.6 Å². The largest absolute Gasteiger partial charge is 0.387 e. The minimum absolute atomic E-state index is 0.0678. The second-order valence-corrected chi connectivity index (χ2v) is 7.43. The van der Waals surface area contributed by atoms with E-state index in [1.807, 2.05) is 37.3 Å². The molecule has 3 rings (SSSR count). The number of hydrogen-bond donors (Lipinski definition) is 2. The standard InChI is InChI=1S/C20H31N3O2/c1-16(20(25)21-18-9-5-6-10-18)23-13-11-22(12-14-23)15-19(24)17-7-3-2-4-8-17/h2-4,7-8,16,18-19,24H,5-6,9-15H2,1H3,(H,21,25)/t16-,19+/m1/s1. The molecule has 1 heterocycles. The van der Waals surface area contributed by atoms with E-state index in [1.54, 1.807) is 0 Å². The summed E-state index contributed by atoms with van der Waals surface area (Å²) in [5.74, 6) is 0.171. The summed E-state index contributed by atoms with van der Waals surface area (Å²) >= 11 is 0. The molecule has 5 heteroatoms. The first-order valence-electron chi connectivity index (χ1n) is 9.63. The van der Waals surface area contributed by atoms with Crippen molar-refractivity contribution in [3.8, 4) is 0 Å². The van der Waals surface area contributed by atoms with Crippen molar-refractivity contribution in [1.29, 1.82) is 0 Å². The third-order valence-corrected chi connectivity index (χ3v) is 5.65. The molecule has 1 aromatic carbocycles. The number of β-amino-alcohol motifs (C(OH)–C–C–N with tert-alkyl or cyclic N) is 1. The minimum atomic E-state index is -0.448. The zero-order valence-corrected chi connectivity index (χ0v) is 15.2. The van der Waals surface area contributed by atoms with Crippen LogP contribution in [0, 0.1) is 0 Å². The minimum Gasteiger partial charge on any atom is -0.387 e. The molecule has 0 bridgehead atoms. The van der Waals surface area contributed by atoms with Crippen LogP contribution in [0.25, 0.3) is 0 Å². The van der Waals surface area contributed by atoms with Crippen LogP contribution in [0.1, 0.15) is 44.3 Å². The van der Waals surface area contributed by atoms with Crippen molar-refractivity contribution in [1.82, 2.24) is 15.1 Å². The number of nitrogens with zero attached hydrogens (tertiary/aromatic N) is 2. The predicted octanol–water partition coefficient (Wildman–Crippen LogP) is 1.78. The van der Waals surface area contributed by atoms with E-state index < -0.39 is 6.10 Å². The molecule has 1 amide bonds. The number of aliphatic hydroxyl groups excluding tert-OH is 1. The van der Waals surface area contributed by atoms with Gasteiger partial charge in [-0.25, -0.2) is 0 Å². The molecule has 1 saturated carbocycles. The van der Waals surface area contributed by atoms with Crippen LogP contribution in [0.5, 0.6) is 0 Å². The van der Waals surface area contributed by atoms with E-state index in [1.165, 1.54) is 12.8 Å². The second kappa shape index (κ2) is 8.79. The van der Waals surface area contributed by atoms with Gasteiger partial charge in [-0.2, -0.15) is 0 Å². The molecule has 2 fully saturated rings. The number of carbonyl (C=O) groups excluding carboxylic acids is 1. The van der Waals surface area contributed by atoms with Crippen molar-refractivity contribution in [3.05, 3.63) is 35.9 Å². The number of carbonyl (C=O) groups is 1. The van der Waals surface area contributed by atoms with E-state index in [9.17, 15) is 9.90 Å². The molecular formula is C20H31N3O2. The highest BCUT2D eigenvalue weighted by Crippen LogP contribution is 2.19. The fourth-order valence-corrected chi connectivity index (χ4v) is 3.92. The van der Waals surface area contributed by atoms with Gasteiger partial charge >= 0.3 is 0 Å². The molecule has 0 radical (unpaired) electrons. The van der Waals surface area contributed by atoms with Gasteiger partial charge in [0.2, 0.25) is 5.91 Å². The lowest BCUT2D eigenvalue weighted by atomic mass is 10.1. The summed E-state index contributed by atoms with van der Waals surface area (Å²) in [4.78, 5) is 17.0. The van der Waals surface area contributed by atoms with E-state index in [4.69, 9.17) is 0 Å². The molecule has 5 nitrogen and oxygen atoms in total. The highest BCUT2D eigenvalue weighted by atomic mass is 16.3. The molecule has 1 aromatic rings. The number of piperazine rings is 1. The van der Waals surface area contributed by atoms with Crippen LogP contribution in [0.2, 0.25) is 0 Å². The van der Waals surface area contributed by atoms with Crippen LogP contribution in [0.4, 0.5) is 0 Å². The van der Waals surface area contributed by atoms with E-state index in [2.05, 4.69) is 15.1 Å². The quantitative estimate of drug-likeness (QED) is 0.825. The maximum Gasteiger partial charge on any atom is 0.237 e. The van der Waals surface area contributed by atoms with E-state index in [-0.39, 0.29) is 11.9 Å². The van der Waals surface area contributed by atoms with Crippen molar-refractivity contribution in [3.63, 3.8) is 0 Å². The Bertz CT molecular complexity index is 537. The van der Waals surface area contributed by atoms with Gasteiger partial charge in [-0.3, -0.25) is 14.6 Å². The molecule has 1 saturated heterocycles. The van der Waals surface area contributed by atoms with Crippen molar-refractivity contribution in [2.24, 2.45) is 0 Å². The van der Waals surface area contributed by atoms with Gasteiger partial charge in [0.1, 0.15) is 0 Å². The number of amides is 1. The van der Waals surface area contributed by atoms with Crippen molar-refractivity contribution in [2.45, 2.75) is 50.8 Å². The van der Waals surface area contributed by atoms with Crippen LogP contribution in [0.3, 0.4) is 0 Å². The average Bonchev–Trinajstić information content (AvgIpc) is 3.15. The first kappa shape index (κ1) is 18.4. The molecule has 0 spiro atoms. The summed E-state index contributed by atoms with van der Waals surface area (Å²) in [6, 6.07) is 10.1. The predicted molar refractivity (Wildman–Crippen MR) is 99.3 cm³/mol. The maximum atomic E-state index is 12.4. The van der Waals surface area contributed by atoms with Gasteiger partial charge in [0, 0.05) is 38.8 Å². The summed E-state index contributed by atoms with van der Waals surface area (Å²) in [5, 5.41) is 13.6. The van der Waals surface area contributed by atoms with Gasteiger partial charge in [0.25, 0.3) is 0 Å². The van der Waals surface area contributed by atoms with Crippen LogP contribution >= 0.6 is 0 Å². The molecule has 2 N–H and O–H groups in total. The maximum absolute atomic E-state index is 12.4. The van der Waals surface area contributed by atoms with Gasteiger partial charge in [-0.05, 0) is 25.3 Å². The SMILES string of the molecule is C[C@H](C(=O)NC1CCCC1)N1CCN(C[C@H](O)c2ccccc2)CC1. The topological polar surface area (TPSA) is 55.8 Å². The number of hydrogen-bond acceptors (Lipinski definition) is 4. The molecule has 0 aromatic heterocycles. The Labute approximate surface area is 151 Å². The third kappa shape index (κ3) is 5.03. The molecular weight excluding hydrogens is 314 g/mol. The molecule has 1 aliphatic carbocycles. The lowest BCUT2D eigenvalue weighted by Gasteiger charge is -2.38. The highest BCUT2D eigenvalue weighted by Gasteiger charge is 2.28. The van der Waals surface area contributed by atoms with Crippen LogP contribution < -0.4 is 5.32 Å². The fourth-order valence-electron chi connectivity index (χ4n) is 3.92. The Morgan fingerprint density at radius 3 is 2.44 bits per heavy atom. The van der Waals surface area contributed by atoms with Gasteiger partial charge in [0.05, 0.1) is 12.1 Å². The first-order valence-corrected chi connectivity index (χ1v) is 9.63. The summed E-state index contributed by atoms with van der Waals surface area (Å²) in [6.45, 7) is 6.21. The summed E-state index contributed by atoms with van der Waals surface area (Å²) in [5.41, 5.74) is 0.967. The van der Waals surface area contributed by atoms with Gasteiger partial charge in [-0.15, -0.1) is 0 Å². The lowest BCUT2D eigenvalue weighted by molar-refractivity contribution is -0.127. The van der Waals surface area contributed by atoms with Crippen LogP contribution in [-0.4, -0.2) is 65.6 Å². The van der Waals surface area contributed by atoms with Crippen LogP contribution in [-0.2, 0) is 4.79 Å². The summed E-state index contributed by atoms with van der Waals surface area (Å²) in [7, 11) is 0. The van der Waals surface area contributed by atoms with Crippen molar-refractivity contribution >= 4 is 5.91 Å². The third-order valence-electron chi connectivity index (χ3n) is 5.65. The monoisotopic (exact) mass is 345 g/mol. The number of nitrogens with one attached hydrogen (secondary N) is 1. The number of aliphatic hydroxyl groups is 1. The molecule has 25 heavy (non-hydrogen) atoms. The molecule has 2 aliphatic rings. The first-order chi connectivity index (χ1) is 12.1. The molecule has 138 valence electrons. The fraction of sp³-hybridized carbons (Fsp3) is 0.650. The Hall–Kier alpha value is -1.43. The van der Waals surface area contributed by atoms with Crippen molar-refractivity contribution < 1.29 is 9.90 Å². The summed E-state index contributed by atoms with van der Waals surface area (Å²) < 4.78 is 0. The van der Waals surface area contributed by atoms with Gasteiger partial charge in [0.15, 0.2) is 0 Å². The number of rotatable bonds is 6. The molecule has 0 unspecified atom stereocenters. The molecule has 2 atom stereocenters. The van der Waals surface area contributed by atoms with Gasteiger partial charge in [-0.1, -0.05) is 43.2 Å². The highest BCUT2D eigenvalue weighted by molar-refractivity contribution is 5.81. The smallest absolute Gasteiger partial charge is 0.237 e. The Morgan fingerprint density at radius 2 is 1.80 bits per heavy atom. The zero-order valence-electron chi connectivity index (χ0n) is 15.2.